The Labute approximate surface area is 212 Å². The Hall–Kier alpha value is -5.11. The Morgan fingerprint density at radius 2 is 1.49 bits per heavy atom. The standard InChI is InChI=1S/C29H24N6O2/c1-34-18-17-30-29(34)32-26-24(20-13-15-22(37-2)16-14-20)28(36)35-27(31-26)23(19-9-5-3-6-10-19)25(33-35)21-11-7-4-8-12-21/h3-18,33H,1-2H3,(H,30,32). The lowest BCUT2D eigenvalue weighted by molar-refractivity contribution is 0.415. The minimum atomic E-state index is -0.230. The van der Waals surface area contributed by atoms with Crippen molar-refractivity contribution in [2.24, 2.45) is 7.05 Å². The van der Waals surface area contributed by atoms with Crippen LogP contribution in [0.25, 0.3) is 39.2 Å². The van der Waals surface area contributed by atoms with Crippen LogP contribution in [0.3, 0.4) is 0 Å². The summed E-state index contributed by atoms with van der Waals surface area (Å²) in [4.78, 5) is 23.6. The average Bonchev–Trinajstić information content (AvgIpc) is 3.53. The van der Waals surface area contributed by atoms with E-state index in [1.807, 2.05) is 103 Å². The molecule has 3 aromatic heterocycles. The average molecular weight is 489 g/mol. The number of aromatic amines is 1. The van der Waals surface area contributed by atoms with Crippen molar-refractivity contribution in [2.45, 2.75) is 0 Å². The number of ether oxygens (including phenoxy) is 1. The summed E-state index contributed by atoms with van der Waals surface area (Å²) < 4.78 is 8.68. The maximum absolute atomic E-state index is 14.1. The molecule has 6 rings (SSSR count). The molecule has 3 heterocycles. The Kier molecular flexibility index (Phi) is 5.54. The van der Waals surface area contributed by atoms with Crippen LogP contribution in [0.5, 0.6) is 5.75 Å². The Morgan fingerprint density at radius 3 is 2.11 bits per heavy atom. The second-order valence-corrected chi connectivity index (χ2v) is 8.61. The molecule has 37 heavy (non-hydrogen) atoms. The number of aromatic nitrogens is 5. The maximum atomic E-state index is 14.1. The quantitative estimate of drug-likeness (QED) is 0.323. The topological polar surface area (TPSA) is 89.2 Å². The zero-order valence-corrected chi connectivity index (χ0v) is 20.3. The Bertz CT molecular complexity index is 1750. The molecule has 0 aliphatic heterocycles. The van der Waals surface area contributed by atoms with Crippen LogP contribution in [-0.2, 0) is 7.05 Å². The zero-order chi connectivity index (χ0) is 25.4. The van der Waals surface area contributed by atoms with Gasteiger partial charge in [-0.3, -0.25) is 9.89 Å². The van der Waals surface area contributed by atoms with Crippen LogP contribution in [-0.4, -0.2) is 31.3 Å². The molecular formula is C29H24N6O2. The highest BCUT2D eigenvalue weighted by atomic mass is 16.5. The second kappa shape index (κ2) is 9.16. The molecular weight excluding hydrogens is 464 g/mol. The van der Waals surface area contributed by atoms with E-state index in [4.69, 9.17) is 9.72 Å². The number of rotatable bonds is 6. The predicted molar refractivity (Wildman–Crippen MR) is 145 cm³/mol. The summed E-state index contributed by atoms with van der Waals surface area (Å²) in [6.07, 6.45) is 3.53. The summed E-state index contributed by atoms with van der Waals surface area (Å²) in [5, 5.41) is 6.64. The van der Waals surface area contributed by atoms with E-state index in [9.17, 15) is 4.79 Å². The van der Waals surface area contributed by atoms with Crippen molar-refractivity contribution in [3.05, 3.63) is 108 Å². The van der Waals surface area contributed by atoms with Gasteiger partial charge in [-0.25, -0.2) is 9.97 Å². The van der Waals surface area contributed by atoms with Gasteiger partial charge in [-0.2, -0.15) is 4.52 Å². The van der Waals surface area contributed by atoms with E-state index in [1.54, 1.807) is 13.3 Å². The van der Waals surface area contributed by atoms with E-state index < -0.39 is 0 Å². The van der Waals surface area contributed by atoms with Gasteiger partial charge in [0, 0.05) is 25.0 Å². The third-order valence-corrected chi connectivity index (χ3v) is 6.34. The molecule has 0 radical (unpaired) electrons. The smallest absolute Gasteiger partial charge is 0.282 e. The van der Waals surface area contributed by atoms with Gasteiger partial charge in [-0.1, -0.05) is 72.8 Å². The molecule has 0 spiro atoms. The lowest BCUT2D eigenvalue weighted by Crippen LogP contribution is -2.20. The molecule has 0 atom stereocenters. The van der Waals surface area contributed by atoms with Crippen molar-refractivity contribution in [1.82, 2.24) is 24.1 Å². The van der Waals surface area contributed by atoms with E-state index in [2.05, 4.69) is 15.4 Å². The Balaban J connectivity index is 1.68. The van der Waals surface area contributed by atoms with E-state index in [0.29, 0.717) is 34.3 Å². The second-order valence-electron chi connectivity index (χ2n) is 8.61. The molecule has 0 saturated carbocycles. The van der Waals surface area contributed by atoms with Crippen LogP contribution in [0.15, 0.2) is 102 Å². The normalized spacial score (nSPS) is 11.1. The first-order valence-electron chi connectivity index (χ1n) is 11.8. The van der Waals surface area contributed by atoms with Gasteiger partial charge >= 0.3 is 0 Å². The first-order valence-corrected chi connectivity index (χ1v) is 11.8. The number of aryl methyl sites for hydroxylation is 1. The van der Waals surface area contributed by atoms with Crippen molar-refractivity contribution < 1.29 is 4.74 Å². The monoisotopic (exact) mass is 488 g/mol. The molecule has 0 fully saturated rings. The molecule has 182 valence electrons. The largest absolute Gasteiger partial charge is 0.497 e. The fourth-order valence-electron chi connectivity index (χ4n) is 4.46. The number of hydrogen-bond acceptors (Lipinski definition) is 5. The highest BCUT2D eigenvalue weighted by Gasteiger charge is 2.23. The molecule has 3 aromatic carbocycles. The van der Waals surface area contributed by atoms with Gasteiger partial charge in [0.05, 0.1) is 23.9 Å². The van der Waals surface area contributed by atoms with Crippen LogP contribution in [0.1, 0.15) is 0 Å². The summed E-state index contributed by atoms with van der Waals surface area (Å²) >= 11 is 0. The van der Waals surface area contributed by atoms with Crippen molar-refractivity contribution >= 4 is 17.4 Å². The van der Waals surface area contributed by atoms with E-state index >= 15 is 0 Å². The van der Waals surface area contributed by atoms with Gasteiger partial charge < -0.3 is 14.6 Å². The Morgan fingerprint density at radius 1 is 0.838 bits per heavy atom. The molecule has 6 aromatic rings. The van der Waals surface area contributed by atoms with Gasteiger partial charge in [0.15, 0.2) is 5.65 Å². The lowest BCUT2D eigenvalue weighted by Gasteiger charge is -2.12. The van der Waals surface area contributed by atoms with Gasteiger partial charge in [-0.15, -0.1) is 0 Å². The number of nitrogens with one attached hydrogen (secondary N) is 2. The highest BCUT2D eigenvalue weighted by Crippen LogP contribution is 2.36. The van der Waals surface area contributed by atoms with Crippen LogP contribution in [0.4, 0.5) is 11.8 Å². The van der Waals surface area contributed by atoms with Gasteiger partial charge in [0.1, 0.15) is 11.6 Å². The van der Waals surface area contributed by atoms with E-state index in [-0.39, 0.29) is 5.56 Å². The molecule has 2 N–H and O–H groups in total. The lowest BCUT2D eigenvalue weighted by atomic mass is 10.0. The molecule has 8 heteroatoms. The predicted octanol–water partition coefficient (Wildman–Crippen LogP) is 5.51. The molecule has 0 amide bonds. The summed E-state index contributed by atoms with van der Waals surface area (Å²) in [6.45, 7) is 0. The van der Waals surface area contributed by atoms with Crippen molar-refractivity contribution in [3.63, 3.8) is 0 Å². The minimum Gasteiger partial charge on any atom is -0.497 e. The fourth-order valence-corrected chi connectivity index (χ4v) is 4.46. The molecule has 0 aliphatic carbocycles. The molecule has 8 nitrogen and oxygen atoms in total. The molecule has 0 aliphatic rings. The third kappa shape index (κ3) is 3.94. The molecule has 0 bridgehead atoms. The number of hydrogen-bond donors (Lipinski definition) is 2. The van der Waals surface area contributed by atoms with Crippen LogP contribution in [0.2, 0.25) is 0 Å². The van der Waals surface area contributed by atoms with Crippen LogP contribution in [0, 0.1) is 0 Å². The molecule has 0 saturated heterocycles. The number of benzene rings is 3. The van der Waals surface area contributed by atoms with Crippen molar-refractivity contribution in [2.75, 3.05) is 12.4 Å². The minimum absolute atomic E-state index is 0.230. The highest BCUT2D eigenvalue weighted by molar-refractivity contribution is 5.92. The first-order chi connectivity index (χ1) is 18.1. The van der Waals surface area contributed by atoms with Crippen molar-refractivity contribution in [1.29, 1.82) is 0 Å². The number of anilines is 2. The number of methoxy groups -OCH3 is 1. The number of fused-ring (bicyclic) bond motifs is 1. The summed E-state index contributed by atoms with van der Waals surface area (Å²) in [5.41, 5.74) is 4.97. The number of H-pyrrole nitrogens is 1. The third-order valence-electron chi connectivity index (χ3n) is 6.34. The molecule has 0 unspecified atom stereocenters. The summed E-state index contributed by atoms with van der Waals surface area (Å²) in [7, 11) is 3.49. The number of nitrogens with zero attached hydrogens (tertiary/aromatic N) is 4. The van der Waals surface area contributed by atoms with Gasteiger partial charge in [0.2, 0.25) is 5.95 Å². The van der Waals surface area contributed by atoms with E-state index in [0.717, 1.165) is 22.4 Å². The van der Waals surface area contributed by atoms with Crippen LogP contribution >= 0.6 is 0 Å². The number of imidazole rings is 1. The zero-order valence-electron chi connectivity index (χ0n) is 20.3. The maximum Gasteiger partial charge on any atom is 0.282 e. The van der Waals surface area contributed by atoms with Gasteiger partial charge in [0.25, 0.3) is 5.56 Å². The summed E-state index contributed by atoms with van der Waals surface area (Å²) in [5.74, 6) is 1.69. The van der Waals surface area contributed by atoms with Gasteiger partial charge in [-0.05, 0) is 23.3 Å². The SMILES string of the molecule is COc1ccc(-c2c(Nc3nccn3C)nc3c(-c4ccccc4)c(-c4ccccc4)[nH]n3c2=O)cc1. The van der Waals surface area contributed by atoms with E-state index in [1.165, 1.54) is 4.52 Å². The summed E-state index contributed by atoms with van der Waals surface area (Å²) in [6, 6.07) is 27.3. The fraction of sp³-hybridized carbons (Fsp3) is 0.0690. The first kappa shape index (κ1) is 22.4. The van der Waals surface area contributed by atoms with Crippen molar-refractivity contribution in [3.8, 4) is 39.3 Å². The van der Waals surface area contributed by atoms with Crippen LogP contribution < -0.4 is 15.6 Å².